The van der Waals surface area contributed by atoms with E-state index in [9.17, 15) is 4.79 Å². The Morgan fingerprint density at radius 2 is 2.23 bits per heavy atom. The van der Waals surface area contributed by atoms with Crippen LogP contribution in [0.3, 0.4) is 0 Å². The monoisotopic (exact) mass is 357 g/mol. The SMILES string of the molecule is CN(C[C@@H]1CCCN(C)[C@H]1c1cnn(C)c1)C(=O)COc1cccnc1. The van der Waals surface area contributed by atoms with Crippen molar-refractivity contribution in [2.45, 2.75) is 18.9 Å². The molecule has 3 heterocycles. The summed E-state index contributed by atoms with van der Waals surface area (Å²) in [5.41, 5.74) is 1.21. The number of carbonyl (C=O) groups excluding carboxylic acids is 1. The highest BCUT2D eigenvalue weighted by atomic mass is 16.5. The van der Waals surface area contributed by atoms with Gasteiger partial charge in [0, 0.05) is 44.6 Å². The standard InChI is InChI=1S/C19H27N5O2/c1-22-9-5-6-15(19(22)16-10-21-24(3)13-16)12-23(2)18(25)14-26-17-7-4-8-20-11-17/h4,7-8,10-11,13,15,19H,5-6,9,12,14H2,1-3H3/t15-,19+/m0/s1. The number of hydrogen-bond donors (Lipinski definition) is 0. The summed E-state index contributed by atoms with van der Waals surface area (Å²) in [4.78, 5) is 20.6. The van der Waals surface area contributed by atoms with Crippen molar-refractivity contribution < 1.29 is 9.53 Å². The summed E-state index contributed by atoms with van der Waals surface area (Å²) in [6.07, 6.45) is 9.55. The number of nitrogens with zero attached hydrogens (tertiary/aromatic N) is 5. The fraction of sp³-hybridized carbons (Fsp3) is 0.526. The number of carbonyl (C=O) groups is 1. The van der Waals surface area contributed by atoms with Gasteiger partial charge in [-0.25, -0.2) is 0 Å². The zero-order valence-electron chi connectivity index (χ0n) is 15.7. The third-order valence-electron chi connectivity index (χ3n) is 5.00. The highest BCUT2D eigenvalue weighted by molar-refractivity contribution is 5.77. The summed E-state index contributed by atoms with van der Waals surface area (Å²) in [7, 11) is 5.94. The van der Waals surface area contributed by atoms with Crippen LogP contribution in [0.25, 0.3) is 0 Å². The maximum Gasteiger partial charge on any atom is 0.260 e. The summed E-state index contributed by atoms with van der Waals surface area (Å²) in [6, 6.07) is 3.88. The Kier molecular flexibility index (Phi) is 5.88. The van der Waals surface area contributed by atoms with E-state index in [1.165, 1.54) is 5.56 Å². The molecule has 0 unspecified atom stereocenters. The second kappa shape index (κ2) is 8.31. The summed E-state index contributed by atoms with van der Waals surface area (Å²) in [5, 5.41) is 4.32. The second-order valence-corrected chi connectivity index (χ2v) is 7.03. The minimum Gasteiger partial charge on any atom is -0.482 e. The highest BCUT2D eigenvalue weighted by Gasteiger charge is 2.32. The van der Waals surface area contributed by atoms with Gasteiger partial charge in [-0.2, -0.15) is 5.10 Å². The van der Waals surface area contributed by atoms with E-state index in [1.807, 2.05) is 25.0 Å². The van der Waals surface area contributed by atoms with E-state index >= 15 is 0 Å². The minimum atomic E-state index is -0.0213. The molecule has 2 atom stereocenters. The lowest BCUT2D eigenvalue weighted by Crippen LogP contribution is -2.43. The van der Waals surface area contributed by atoms with E-state index in [1.54, 1.807) is 29.4 Å². The highest BCUT2D eigenvalue weighted by Crippen LogP contribution is 2.35. The third-order valence-corrected chi connectivity index (χ3v) is 5.00. The molecule has 2 aromatic rings. The molecule has 26 heavy (non-hydrogen) atoms. The molecule has 0 bridgehead atoms. The van der Waals surface area contributed by atoms with Crippen molar-refractivity contribution in [2.75, 3.05) is 33.8 Å². The number of ether oxygens (including phenoxy) is 1. The van der Waals surface area contributed by atoms with Crippen LogP contribution < -0.4 is 4.74 Å². The molecule has 1 amide bonds. The normalized spacial score (nSPS) is 20.7. The fourth-order valence-corrected chi connectivity index (χ4v) is 3.71. The Bertz CT molecular complexity index is 718. The number of amides is 1. The van der Waals surface area contributed by atoms with Gasteiger partial charge in [-0.05, 0) is 44.5 Å². The molecule has 0 N–H and O–H groups in total. The van der Waals surface area contributed by atoms with Gasteiger partial charge in [0.15, 0.2) is 6.61 Å². The van der Waals surface area contributed by atoms with E-state index in [0.717, 1.165) is 19.4 Å². The Morgan fingerprint density at radius 3 is 2.92 bits per heavy atom. The molecule has 7 heteroatoms. The van der Waals surface area contributed by atoms with Crippen LogP contribution in [0.2, 0.25) is 0 Å². The molecule has 1 aliphatic rings. The summed E-state index contributed by atoms with van der Waals surface area (Å²) >= 11 is 0. The number of pyridine rings is 1. The molecule has 2 aromatic heterocycles. The van der Waals surface area contributed by atoms with Gasteiger partial charge in [0.25, 0.3) is 5.91 Å². The molecule has 0 radical (unpaired) electrons. The Balaban J connectivity index is 1.60. The molecule has 3 rings (SSSR count). The topological polar surface area (TPSA) is 63.5 Å². The van der Waals surface area contributed by atoms with Crippen LogP contribution >= 0.6 is 0 Å². The Morgan fingerprint density at radius 1 is 1.38 bits per heavy atom. The average molecular weight is 357 g/mol. The Hall–Kier alpha value is -2.41. The van der Waals surface area contributed by atoms with Gasteiger partial charge in [0.2, 0.25) is 0 Å². The number of likely N-dealkylation sites (tertiary alicyclic amines) is 1. The van der Waals surface area contributed by atoms with Gasteiger partial charge in [-0.3, -0.25) is 19.4 Å². The number of hydrogen-bond acceptors (Lipinski definition) is 5. The van der Waals surface area contributed by atoms with Crippen LogP contribution in [0.1, 0.15) is 24.4 Å². The van der Waals surface area contributed by atoms with Gasteiger partial charge < -0.3 is 9.64 Å². The lowest BCUT2D eigenvalue weighted by molar-refractivity contribution is -0.133. The number of aryl methyl sites for hydroxylation is 1. The molecule has 1 fully saturated rings. The maximum atomic E-state index is 12.5. The molecule has 0 aromatic carbocycles. The molecular weight excluding hydrogens is 330 g/mol. The van der Waals surface area contributed by atoms with Crippen LogP contribution in [0.5, 0.6) is 5.75 Å². The smallest absolute Gasteiger partial charge is 0.260 e. The first kappa shape index (κ1) is 18.4. The molecular formula is C19H27N5O2. The lowest BCUT2D eigenvalue weighted by atomic mass is 9.86. The molecule has 0 saturated carbocycles. The van der Waals surface area contributed by atoms with Gasteiger partial charge >= 0.3 is 0 Å². The first-order chi connectivity index (χ1) is 12.5. The maximum absolute atomic E-state index is 12.5. The zero-order chi connectivity index (χ0) is 18.5. The summed E-state index contributed by atoms with van der Waals surface area (Å²) < 4.78 is 7.38. The van der Waals surface area contributed by atoms with Crippen molar-refractivity contribution in [1.29, 1.82) is 0 Å². The average Bonchev–Trinajstić information content (AvgIpc) is 3.06. The van der Waals surface area contributed by atoms with E-state index in [4.69, 9.17) is 4.74 Å². The molecule has 0 aliphatic carbocycles. The summed E-state index contributed by atoms with van der Waals surface area (Å²) in [5.74, 6) is 0.970. The van der Waals surface area contributed by atoms with Crippen molar-refractivity contribution in [3.63, 3.8) is 0 Å². The van der Waals surface area contributed by atoms with E-state index in [2.05, 4.69) is 28.2 Å². The molecule has 140 valence electrons. The van der Waals surface area contributed by atoms with Crippen molar-refractivity contribution in [3.05, 3.63) is 42.5 Å². The number of likely N-dealkylation sites (N-methyl/N-ethyl adjacent to an activating group) is 1. The first-order valence-electron chi connectivity index (χ1n) is 9.00. The van der Waals surface area contributed by atoms with Gasteiger partial charge in [0.05, 0.1) is 12.4 Å². The van der Waals surface area contributed by atoms with E-state index in [0.29, 0.717) is 18.2 Å². The van der Waals surface area contributed by atoms with Crippen molar-refractivity contribution in [2.24, 2.45) is 13.0 Å². The van der Waals surface area contributed by atoms with Crippen molar-refractivity contribution in [3.8, 4) is 5.75 Å². The fourth-order valence-electron chi connectivity index (χ4n) is 3.71. The molecule has 1 aliphatic heterocycles. The number of rotatable bonds is 6. The first-order valence-corrected chi connectivity index (χ1v) is 9.00. The largest absolute Gasteiger partial charge is 0.482 e. The van der Waals surface area contributed by atoms with Crippen molar-refractivity contribution in [1.82, 2.24) is 24.6 Å². The second-order valence-electron chi connectivity index (χ2n) is 7.03. The third kappa shape index (κ3) is 4.40. The predicted molar refractivity (Wildman–Crippen MR) is 98.7 cm³/mol. The van der Waals surface area contributed by atoms with Crippen LogP contribution in [0.4, 0.5) is 0 Å². The zero-order valence-corrected chi connectivity index (χ0v) is 15.7. The van der Waals surface area contributed by atoms with Gasteiger partial charge in [0.1, 0.15) is 5.75 Å². The molecule has 0 spiro atoms. The van der Waals surface area contributed by atoms with Crippen LogP contribution in [-0.4, -0.2) is 64.3 Å². The summed E-state index contributed by atoms with van der Waals surface area (Å²) in [6.45, 7) is 1.80. The lowest BCUT2D eigenvalue weighted by Gasteiger charge is -2.40. The van der Waals surface area contributed by atoms with Gasteiger partial charge in [-0.15, -0.1) is 0 Å². The van der Waals surface area contributed by atoms with Crippen molar-refractivity contribution >= 4 is 5.91 Å². The Labute approximate surface area is 154 Å². The van der Waals surface area contributed by atoms with E-state index < -0.39 is 0 Å². The number of piperidine rings is 1. The van der Waals surface area contributed by atoms with Crippen LogP contribution in [0, 0.1) is 5.92 Å². The van der Waals surface area contributed by atoms with Gasteiger partial charge in [-0.1, -0.05) is 0 Å². The predicted octanol–water partition coefficient (Wildman–Crippen LogP) is 1.74. The number of aromatic nitrogens is 3. The van der Waals surface area contributed by atoms with E-state index in [-0.39, 0.29) is 18.6 Å². The molecule has 7 nitrogen and oxygen atoms in total. The quantitative estimate of drug-likeness (QED) is 0.788. The van der Waals surface area contributed by atoms with Crippen LogP contribution in [0.15, 0.2) is 36.9 Å². The molecule has 1 saturated heterocycles. The van der Waals surface area contributed by atoms with Crippen LogP contribution in [-0.2, 0) is 11.8 Å². The minimum absolute atomic E-state index is 0.0213.